The smallest absolute Gasteiger partial charge is 0.333 e. The molecule has 0 aromatic carbocycles. The van der Waals surface area contributed by atoms with Gasteiger partial charge in [-0.3, -0.25) is 10.1 Å². The van der Waals surface area contributed by atoms with Crippen LogP contribution in [0.2, 0.25) is 0 Å². The molecule has 1 aromatic heterocycles. The van der Waals surface area contributed by atoms with Crippen LogP contribution in [0.25, 0.3) is 0 Å². The van der Waals surface area contributed by atoms with Gasteiger partial charge in [-0.2, -0.15) is 5.10 Å². The zero-order valence-electron chi connectivity index (χ0n) is 13.1. The minimum Gasteiger partial charge on any atom is -0.365 e. The van der Waals surface area contributed by atoms with Gasteiger partial charge in [0.05, 0.1) is 4.92 Å². The summed E-state index contributed by atoms with van der Waals surface area (Å²) in [5.41, 5.74) is 0.626. The van der Waals surface area contributed by atoms with Gasteiger partial charge < -0.3 is 5.32 Å². The lowest BCUT2D eigenvalue weighted by atomic mass is 9.87. The number of aromatic nitrogens is 2. The van der Waals surface area contributed by atoms with Crippen molar-refractivity contribution in [3.05, 3.63) is 15.8 Å². The Morgan fingerprint density at radius 2 is 2.10 bits per heavy atom. The standard InChI is InChI=1S/C15H26N4O2/c1-3-11-18-15(14(19(20)21)12(2)17-18)16-10-9-13-7-5-4-6-8-13/h13,16H,3-11H2,1-2H3. The third kappa shape index (κ3) is 3.95. The summed E-state index contributed by atoms with van der Waals surface area (Å²) >= 11 is 0. The highest BCUT2D eigenvalue weighted by Crippen LogP contribution is 2.30. The molecular formula is C15H26N4O2. The second kappa shape index (κ2) is 7.43. The van der Waals surface area contributed by atoms with Crippen LogP contribution in [0, 0.1) is 23.0 Å². The molecule has 21 heavy (non-hydrogen) atoms. The Labute approximate surface area is 126 Å². The van der Waals surface area contributed by atoms with Gasteiger partial charge in [-0.1, -0.05) is 39.0 Å². The summed E-state index contributed by atoms with van der Waals surface area (Å²) in [7, 11) is 0. The first-order valence-corrected chi connectivity index (χ1v) is 8.09. The molecule has 0 spiro atoms. The third-order valence-corrected chi connectivity index (χ3v) is 4.28. The number of hydrogen-bond acceptors (Lipinski definition) is 4. The van der Waals surface area contributed by atoms with E-state index in [1.165, 1.54) is 32.1 Å². The summed E-state index contributed by atoms with van der Waals surface area (Å²) in [6, 6.07) is 0. The Morgan fingerprint density at radius 3 is 2.71 bits per heavy atom. The van der Waals surface area contributed by atoms with Gasteiger partial charge in [0, 0.05) is 13.1 Å². The maximum Gasteiger partial charge on any atom is 0.333 e. The summed E-state index contributed by atoms with van der Waals surface area (Å²) in [6.07, 6.45) is 8.63. The lowest BCUT2D eigenvalue weighted by Gasteiger charge is -2.21. The summed E-state index contributed by atoms with van der Waals surface area (Å²) in [5, 5.41) is 18.8. The summed E-state index contributed by atoms with van der Waals surface area (Å²) in [5.74, 6) is 1.35. The fraction of sp³-hybridized carbons (Fsp3) is 0.800. The average Bonchev–Trinajstić information content (AvgIpc) is 2.76. The number of anilines is 1. The van der Waals surface area contributed by atoms with Crippen LogP contribution < -0.4 is 5.32 Å². The van der Waals surface area contributed by atoms with E-state index in [9.17, 15) is 10.1 Å². The zero-order valence-corrected chi connectivity index (χ0v) is 13.1. The molecule has 2 rings (SSSR count). The molecule has 1 N–H and O–H groups in total. The molecule has 1 aliphatic carbocycles. The first-order chi connectivity index (χ1) is 10.1. The molecule has 0 radical (unpaired) electrons. The molecule has 0 atom stereocenters. The van der Waals surface area contributed by atoms with Crippen LogP contribution in [0.3, 0.4) is 0 Å². The molecule has 0 saturated heterocycles. The van der Waals surface area contributed by atoms with E-state index < -0.39 is 0 Å². The van der Waals surface area contributed by atoms with E-state index in [1.807, 2.05) is 0 Å². The number of hydrogen-bond donors (Lipinski definition) is 1. The molecule has 6 nitrogen and oxygen atoms in total. The molecule has 0 amide bonds. The normalized spacial score (nSPS) is 16.1. The largest absolute Gasteiger partial charge is 0.365 e. The van der Waals surface area contributed by atoms with E-state index in [2.05, 4.69) is 17.3 Å². The highest BCUT2D eigenvalue weighted by molar-refractivity contribution is 5.59. The Hall–Kier alpha value is -1.59. The number of nitro groups is 1. The zero-order chi connectivity index (χ0) is 15.2. The third-order valence-electron chi connectivity index (χ3n) is 4.28. The van der Waals surface area contributed by atoms with Gasteiger partial charge in [0.2, 0.25) is 5.82 Å². The van der Waals surface area contributed by atoms with E-state index >= 15 is 0 Å². The SMILES string of the molecule is CCCn1nc(C)c([N+](=O)[O-])c1NCCC1CCCCC1. The van der Waals surface area contributed by atoms with Crippen LogP contribution in [-0.4, -0.2) is 21.2 Å². The first kappa shape index (κ1) is 15.8. The highest BCUT2D eigenvalue weighted by atomic mass is 16.6. The monoisotopic (exact) mass is 294 g/mol. The van der Waals surface area contributed by atoms with Crippen molar-refractivity contribution >= 4 is 11.5 Å². The molecule has 0 bridgehead atoms. The Bertz CT molecular complexity index is 478. The van der Waals surface area contributed by atoms with Gasteiger partial charge in [0.1, 0.15) is 5.69 Å². The van der Waals surface area contributed by atoms with E-state index in [1.54, 1.807) is 11.6 Å². The number of nitrogens with one attached hydrogen (secondary N) is 1. The van der Waals surface area contributed by atoms with Crippen LogP contribution in [0.1, 0.15) is 57.6 Å². The first-order valence-electron chi connectivity index (χ1n) is 8.09. The van der Waals surface area contributed by atoms with Crippen LogP contribution in [0.5, 0.6) is 0 Å². The predicted octanol–water partition coefficient (Wildman–Crippen LogP) is 3.89. The van der Waals surface area contributed by atoms with Crippen LogP contribution in [0.4, 0.5) is 11.5 Å². The molecule has 1 aromatic rings. The van der Waals surface area contributed by atoms with Crippen molar-refractivity contribution in [1.29, 1.82) is 0 Å². The van der Waals surface area contributed by atoms with Crippen molar-refractivity contribution in [2.45, 2.75) is 65.3 Å². The van der Waals surface area contributed by atoms with Crippen molar-refractivity contribution in [1.82, 2.24) is 9.78 Å². The van der Waals surface area contributed by atoms with Gasteiger partial charge in [0.15, 0.2) is 0 Å². The molecule has 0 unspecified atom stereocenters. The minimum atomic E-state index is -0.322. The second-order valence-electron chi connectivity index (χ2n) is 5.98. The molecule has 1 aliphatic rings. The summed E-state index contributed by atoms with van der Waals surface area (Å²) in [4.78, 5) is 10.9. The van der Waals surface area contributed by atoms with Crippen LogP contribution in [-0.2, 0) is 6.54 Å². The number of rotatable bonds is 7. The maximum absolute atomic E-state index is 11.2. The quantitative estimate of drug-likeness (QED) is 0.611. The van der Waals surface area contributed by atoms with Gasteiger partial charge in [-0.05, 0) is 25.7 Å². The minimum absolute atomic E-state index is 0.132. The molecule has 1 saturated carbocycles. The van der Waals surface area contributed by atoms with Crippen LogP contribution >= 0.6 is 0 Å². The summed E-state index contributed by atoms with van der Waals surface area (Å²) in [6.45, 7) is 5.26. The molecule has 6 heteroatoms. The highest BCUT2D eigenvalue weighted by Gasteiger charge is 2.25. The van der Waals surface area contributed by atoms with Crippen molar-refractivity contribution in [2.75, 3.05) is 11.9 Å². The topological polar surface area (TPSA) is 73.0 Å². The average molecular weight is 294 g/mol. The van der Waals surface area contributed by atoms with Crippen molar-refractivity contribution in [3.8, 4) is 0 Å². The summed E-state index contributed by atoms with van der Waals surface area (Å²) < 4.78 is 1.74. The van der Waals surface area contributed by atoms with Crippen molar-refractivity contribution in [2.24, 2.45) is 5.92 Å². The molecular weight excluding hydrogens is 268 g/mol. The van der Waals surface area contributed by atoms with Crippen LogP contribution in [0.15, 0.2) is 0 Å². The number of aryl methyl sites for hydroxylation is 2. The Balaban J connectivity index is 2.01. The molecule has 1 heterocycles. The van der Waals surface area contributed by atoms with Gasteiger partial charge >= 0.3 is 5.69 Å². The maximum atomic E-state index is 11.2. The molecule has 118 valence electrons. The van der Waals surface area contributed by atoms with Gasteiger partial charge in [-0.15, -0.1) is 0 Å². The fourth-order valence-electron chi connectivity index (χ4n) is 3.21. The van der Waals surface area contributed by atoms with Crippen molar-refractivity contribution < 1.29 is 4.92 Å². The van der Waals surface area contributed by atoms with E-state index in [-0.39, 0.29) is 10.6 Å². The molecule has 1 fully saturated rings. The van der Waals surface area contributed by atoms with Gasteiger partial charge in [-0.25, -0.2) is 4.68 Å². The second-order valence-corrected chi connectivity index (χ2v) is 5.98. The lowest BCUT2D eigenvalue weighted by molar-refractivity contribution is -0.384. The fourth-order valence-corrected chi connectivity index (χ4v) is 3.21. The molecule has 0 aliphatic heterocycles. The Kier molecular flexibility index (Phi) is 5.59. The van der Waals surface area contributed by atoms with Crippen molar-refractivity contribution in [3.63, 3.8) is 0 Å². The Morgan fingerprint density at radius 1 is 1.38 bits per heavy atom. The van der Waals surface area contributed by atoms with E-state index in [4.69, 9.17) is 0 Å². The van der Waals surface area contributed by atoms with Gasteiger partial charge in [0.25, 0.3) is 0 Å². The lowest BCUT2D eigenvalue weighted by Crippen LogP contribution is -2.15. The predicted molar refractivity (Wildman–Crippen MR) is 83.6 cm³/mol. The number of nitrogens with zero attached hydrogens (tertiary/aromatic N) is 3. The van der Waals surface area contributed by atoms with E-state index in [0.717, 1.165) is 25.3 Å². The van der Waals surface area contributed by atoms with E-state index in [0.29, 0.717) is 18.1 Å².